The first-order valence-corrected chi connectivity index (χ1v) is 9.21. The number of esters is 2. The Hall–Kier alpha value is -2.87. The third kappa shape index (κ3) is 5.55. The van der Waals surface area contributed by atoms with Gasteiger partial charge < -0.3 is 19.5 Å². The van der Waals surface area contributed by atoms with Crippen LogP contribution in [0.4, 0.5) is 5.00 Å². The van der Waals surface area contributed by atoms with Gasteiger partial charge in [-0.25, -0.2) is 9.59 Å². The van der Waals surface area contributed by atoms with Gasteiger partial charge in [0.2, 0.25) is 0 Å². The average Bonchev–Trinajstić information content (AvgIpc) is 3.09. The molecule has 1 N–H and O–H groups in total. The molecule has 144 valence electrons. The Balaban J connectivity index is 2.03. The molecule has 0 bridgehead atoms. The molecule has 0 aliphatic rings. The molecule has 7 nitrogen and oxygen atoms in total. The molecule has 2 rings (SSSR count). The molecule has 0 atom stereocenters. The van der Waals surface area contributed by atoms with Gasteiger partial charge in [-0.3, -0.25) is 4.79 Å². The average molecular weight is 391 g/mol. The fourth-order valence-corrected chi connectivity index (χ4v) is 3.21. The van der Waals surface area contributed by atoms with Gasteiger partial charge in [0.05, 0.1) is 24.8 Å². The first kappa shape index (κ1) is 20.4. The molecule has 0 aliphatic heterocycles. The van der Waals surface area contributed by atoms with E-state index in [0.29, 0.717) is 21.9 Å². The maximum absolute atomic E-state index is 12.2. The maximum Gasteiger partial charge on any atom is 0.341 e. The summed E-state index contributed by atoms with van der Waals surface area (Å²) in [4.78, 5) is 36.8. The van der Waals surface area contributed by atoms with Crippen molar-refractivity contribution in [3.05, 3.63) is 46.3 Å². The smallest absolute Gasteiger partial charge is 0.341 e. The standard InChI is InChI=1S/C19H21NO6S/c1-4-14-10-15(19(23)25-5-2)17(27-14)20-16(21)11-26-13-8-6-7-12(9-13)18(22)24-3/h6-10H,4-5,11H2,1-3H3,(H,20,21). The highest BCUT2D eigenvalue weighted by Crippen LogP contribution is 2.29. The number of hydrogen-bond acceptors (Lipinski definition) is 7. The number of amides is 1. The lowest BCUT2D eigenvalue weighted by Crippen LogP contribution is -2.21. The van der Waals surface area contributed by atoms with Gasteiger partial charge in [-0.1, -0.05) is 13.0 Å². The lowest BCUT2D eigenvalue weighted by atomic mass is 10.2. The molecule has 1 aromatic heterocycles. The highest BCUT2D eigenvalue weighted by Gasteiger charge is 2.19. The van der Waals surface area contributed by atoms with Crippen LogP contribution in [0, 0.1) is 0 Å². The van der Waals surface area contributed by atoms with Crippen LogP contribution in [0.15, 0.2) is 30.3 Å². The van der Waals surface area contributed by atoms with Crippen molar-refractivity contribution in [3.63, 3.8) is 0 Å². The number of anilines is 1. The number of thiophene rings is 1. The van der Waals surface area contributed by atoms with E-state index < -0.39 is 17.8 Å². The molecule has 0 aliphatic carbocycles. The number of methoxy groups -OCH3 is 1. The zero-order chi connectivity index (χ0) is 19.8. The van der Waals surface area contributed by atoms with Gasteiger partial charge >= 0.3 is 11.9 Å². The summed E-state index contributed by atoms with van der Waals surface area (Å²) in [5, 5.41) is 3.12. The van der Waals surface area contributed by atoms with Crippen LogP contribution < -0.4 is 10.1 Å². The number of rotatable bonds is 8. The number of benzene rings is 1. The number of nitrogens with one attached hydrogen (secondary N) is 1. The third-order valence-electron chi connectivity index (χ3n) is 3.50. The van der Waals surface area contributed by atoms with E-state index in [0.717, 1.165) is 11.3 Å². The molecular formula is C19H21NO6S. The first-order valence-electron chi connectivity index (χ1n) is 8.39. The Morgan fingerprint density at radius 2 is 1.89 bits per heavy atom. The van der Waals surface area contributed by atoms with Crippen molar-refractivity contribution in [1.29, 1.82) is 0 Å². The van der Waals surface area contributed by atoms with Crippen LogP contribution >= 0.6 is 11.3 Å². The van der Waals surface area contributed by atoms with Crippen molar-refractivity contribution < 1.29 is 28.6 Å². The zero-order valence-electron chi connectivity index (χ0n) is 15.4. The monoisotopic (exact) mass is 391 g/mol. The van der Waals surface area contributed by atoms with Crippen LogP contribution in [0.5, 0.6) is 5.75 Å². The molecule has 8 heteroatoms. The van der Waals surface area contributed by atoms with Gasteiger partial charge in [-0.2, -0.15) is 0 Å². The minimum Gasteiger partial charge on any atom is -0.484 e. The van der Waals surface area contributed by atoms with Gasteiger partial charge in [0.25, 0.3) is 5.91 Å². The van der Waals surface area contributed by atoms with Gasteiger partial charge in [-0.05, 0) is 37.6 Å². The van der Waals surface area contributed by atoms with Gasteiger partial charge in [0.15, 0.2) is 6.61 Å². The van der Waals surface area contributed by atoms with E-state index in [1.165, 1.54) is 24.5 Å². The Bertz CT molecular complexity index is 829. The number of carbonyl (C=O) groups excluding carboxylic acids is 3. The summed E-state index contributed by atoms with van der Waals surface area (Å²) in [5.74, 6) is -1.03. The fraction of sp³-hybridized carbons (Fsp3) is 0.316. The molecule has 0 saturated heterocycles. The van der Waals surface area contributed by atoms with E-state index in [1.54, 1.807) is 31.2 Å². The molecular weight excluding hydrogens is 370 g/mol. The maximum atomic E-state index is 12.2. The van der Waals surface area contributed by atoms with Crippen molar-refractivity contribution in [2.75, 3.05) is 25.6 Å². The van der Waals surface area contributed by atoms with Crippen LogP contribution in [0.25, 0.3) is 0 Å². The van der Waals surface area contributed by atoms with Crippen LogP contribution in [-0.4, -0.2) is 38.2 Å². The van der Waals surface area contributed by atoms with Crippen LogP contribution in [-0.2, 0) is 20.7 Å². The van der Waals surface area contributed by atoms with E-state index in [4.69, 9.17) is 9.47 Å². The lowest BCUT2D eigenvalue weighted by molar-refractivity contribution is -0.118. The molecule has 27 heavy (non-hydrogen) atoms. The van der Waals surface area contributed by atoms with E-state index >= 15 is 0 Å². The third-order valence-corrected chi connectivity index (χ3v) is 4.70. The second-order valence-electron chi connectivity index (χ2n) is 5.39. The summed E-state index contributed by atoms with van der Waals surface area (Å²) in [7, 11) is 1.29. The Morgan fingerprint density at radius 3 is 2.56 bits per heavy atom. The number of carbonyl (C=O) groups is 3. The number of hydrogen-bond donors (Lipinski definition) is 1. The molecule has 1 amide bonds. The molecule has 0 saturated carbocycles. The van der Waals surface area contributed by atoms with E-state index in [2.05, 4.69) is 10.1 Å². The molecule has 0 spiro atoms. The van der Waals surface area contributed by atoms with E-state index in [9.17, 15) is 14.4 Å². The summed E-state index contributed by atoms with van der Waals surface area (Å²) < 4.78 is 15.1. The largest absolute Gasteiger partial charge is 0.484 e. The Labute approximate surface area is 161 Å². The van der Waals surface area contributed by atoms with Crippen LogP contribution in [0.1, 0.15) is 39.4 Å². The summed E-state index contributed by atoms with van der Waals surface area (Å²) in [6.45, 7) is 3.67. The highest BCUT2D eigenvalue weighted by atomic mass is 32.1. The molecule has 0 fully saturated rings. The molecule has 0 unspecified atom stereocenters. The minimum absolute atomic E-state index is 0.253. The Morgan fingerprint density at radius 1 is 1.11 bits per heavy atom. The normalized spacial score (nSPS) is 10.2. The van der Waals surface area contributed by atoms with Crippen molar-refractivity contribution in [3.8, 4) is 5.75 Å². The van der Waals surface area contributed by atoms with Crippen molar-refractivity contribution in [1.82, 2.24) is 0 Å². The summed E-state index contributed by atoms with van der Waals surface area (Å²) >= 11 is 1.32. The fourth-order valence-electron chi connectivity index (χ4n) is 2.21. The van der Waals surface area contributed by atoms with E-state index in [1.807, 2.05) is 6.92 Å². The van der Waals surface area contributed by atoms with Crippen molar-refractivity contribution in [2.45, 2.75) is 20.3 Å². The summed E-state index contributed by atoms with van der Waals surface area (Å²) in [6.07, 6.45) is 0.740. The number of ether oxygens (including phenoxy) is 3. The summed E-state index contributed by atoms with van der Waals surface area (Å²) in [6, 6.07) is 8.06. The lowest BCUT2D eigenvalue weighted by Gasteiger charge is -2.08. The van der Waals surface area contributed by atoms with E-state index in [-0.39, 0.29) is 13.2 Å². The molecule has 0 radical (unpaired) electrons. The highest BCUT2D eigenvalue weighted by molar-refractivity contribution is 7.16. The van der Waals surface area contributed by atoms with Crippen LogP contribution in [0.3, 0.4) is 0 Å². The quantitative estimate of drug-likeness (QED) is 0.695. The predicted octanol–water partition coefficient (Wildman–Crippen LogP) is 3.29. The van der Waals surface area contributed by atoms with Gasteiger partial charge in [0.1, 0.15) is 10.8 Å². The van der Waals surface area contributed by atoms with Gasteiger partial charge in [0, 0.05) is 4.88 Å². The van der Waals surface area contributed by atoms with Crippen molar-refractivity contribution in [2.24, 2.45) is 0 Å². The second-order valence-corrected chi connectivity index (χ2v) is 6.52. The minimum atomic E-state index is -0.491. The first-order chi connectivity index (χ1) is 13.0. The van der Waals surface area contributed by atoms with Crippen LogP contribution in [0.2, 0.25) is 0 Å². The summed E-state index contributed by atoms with van der Waals surface area (Å²) in [5.41, 5.74) is 0.658. The van der Waals surface area contributed by atoms with Gasteiger partial charge in [-0.15, -0.1) is 11.3 Å². The molecule has 1 heterocycles. The second kappa shape index (κ2) is 9.72. The topological polar surface area (TPSA) is 90.9 Å². The number of aryl methyl sites for hydroxylation is 1. The molecule has 2 aromatic rings. The Kier molecular flexibility index (Phi) is 7.36. The predicted molar refractivity (Wildman–Crippen MR) is 102 cm³/mol. The molecule has 1 aromatic carbocycles. The SMILES string of the molecule is CCOC(=O)c1cc(CC)sc1NC(=O)COc1cccc(C(=O)OC)c1. The zero-order valence-corrected chi connectivity index (χ0v) is 16.2. The van der Waals surface area contributed by atoms with Crippen molar-refractivity contribution >= 4 is 34.2 Å².